The fraction of sp³-hybridized carbons (Fsp3) is 0.917. The summed E-state index contributed by atoms with van der Waals surface area (Å²) < 4.78 is 10.8. The normalized spacial score (nSPS) is 20.5. The number of hydrogen-bond donors (Lipinski definition) is 2. The van der Waals surface area contributed by atoms with Crippen molar-refractivity contribution in [1.82, 2.24) is 10.6 Å². The van der Waals surface area contributed by atoms with Gasteiger partial charge in [0.05, 0.1) is 19.3 Å². The van der Waals surface area contributed by atoms with Crippen LogP contribution in [-0.2, 0) is 14.3 Å². The summed E-state index contributed by atoms with van der Waals surface area (Å²) in [5.74, 6) is -0.0394. The summed E-state index contributed by atoms with van der Waals surface area (Å²) >= 11 is 0. The van der Waals surface area contributed by atoms with Gasteiger partial charge in [-0.25, -0.2) is 0 Å². The first kappa shape index (κ1) is 14.4. The highest BCUT2D eigenvalue weighted by atomic mass is 16.5. The number of nitrogens with one attached hydrogen (secondary N) is 2. The van der Waals surface area contributed by atoms with Gasteiger partial charge in [0.15, 0.2) is 0 Å². The Labute approximate surface area is 103 Å². The highest BCUT2D eigenvalue weighted by Crippen LogP contribution is 1.98. The summed E-state index contributed by atoms with van der Waals surface area (Å²) in [5.41, 5.74) is 0. The molecule has 1 amide bonds. The fourth-order valence-electron chi connectivity index (χ4n) is 1.77. The minimum Gasteiger partial charge on any atom is -0.373 e. The molecule has 1 unspecified atom stereocenters. The topological polar surface area (TPSA) is 59.6 Å². The molecule has 1 atom stereocenters. The lowest BCUT2D eigenvalue weighted by Gasteiger charge is -2.23. The van der Waals surface area contributed by atoms with Crippen molar-refractivity contribution < 1.29 is 14.3 Å². The van der Waals surface area contributed by atoms with Crippen LogP contribution in [0.3, 0.4) is 0 Å². The largest absolute Gasteiger partial charge is 0.373 e. The molecule has 5 heteroatoms. The Morgan fingerprint density at radius 1 is 1.53 bits per heavy atom. The molecule has 5 nitrogen and oxygen atoms in total. The predicted molar refractivity (Wildman–Crippen MR) is 65.9 cm³/mol. The number of hydrogen-bond acceptors (Lipinski definition) is 4. The first-order valence-corrected chi connectivity index (χ1v) is 6.45. The zero-order valence-corrected chi connectivity index (χ0v) is 10.8. The molecule has 17 heavy (non-hydrogen) atoms. The summed E-state index contributed by atoms with van der Waals surface area (Å²) in [6, 6.07) is 0.263. The van der Waals surface area contributed by atoms with Gasteiger partial charge in [0.25, 0.3) is 0 Å². The monoisotopic (exact) mass is 244 g/mol. The molecule has 0 aromatic rings. The van der Waals surface area contributed by atoms with Crippen LogP contribution in [0.25, 0.3) is 0 Å². The molecule has 100 valence electrons. The Morgan fingerprint density at radius 2 is 2.29 bits per heavy atom. The molecule has 1 rings (SSSR count). The van der Waals surface area contributed by atoms with Gasteiger partial charge in [0.2, 0.25) is 5.91 Å². The van der Waals surface area contributed by atoms with E-state index >= 15 is 0 Å². The predicted octanol–water partition coefficient (Wildman–Crippen LogP) is 0.296. The van der Waals surface area contributed by atoms with Gasteiger partial charge in [-0.1, -0.05) is 13.8 Å². The van der Waals surface area contributed by atoms with Crippen molar-refractivity contribution in [3.05, 3.63) is 0 Å². The Kier molecular flexibility index (Phi) is 7.16. The maximum absolute atomic E-state index is 11.5. The van der Waals surface area contributed by atoms with E-state index in [1.165, 1.54) is 0 Å². The second-order valence-corrected chi connectivity index (χ2v) is 4.29. The van der Waals surface area contributed by atoms with Crippen molar-refractivity contribution in [3.8, 4) is 0 Å². The number of carbonyl (C=O) groups excluding carboxylic acids is 1. The van der Waals surface area contributed by atoms with Crippen molar-refractivity contribution in [1.29, 1.82) is 0 Å². The number of amides is 1. The van der Waals surface area contributed by atoms with Crippen LogP contribution in [0.15, 0.2) is 0 Å². The molecule has 1 heterocycles. The molecule has 0 aliphatic carbocycles. The lowest BCUT2D eigenvalue weighted by Crippen LogP contribution is -2.42. The molecule has 1 saturated heterocycles. The minimum atomic E-state index is -0.0394. The highest BCUT2D eigenvalue weighted by molar-refractivity contribution is 5.77. The van der Waals surface area contributed by atoms with Gasteiger partial charge in [0.1, 0.15) is 6.61 Å². The van der Waals surface area contributed by atoms with E-state index in [4.69, 9.17) is 9.47 Å². The Bertz CT molecular complexity index is 214. The van der Waals surface area contributed by atoms with Crippen LogP contribution in [0.1, 0.15) is 26.7 Å². The maximum Gasteiger partial charge on any atom is 0.246 e. The van der Waals surface area contributed by atoms with E-state index in [0.29, 0.717) is 13.2 Å². The van der Waals surface area contributed by atoms with Crippen molar-refractivity contribution >= 4 is 5.91 Å². The molecule has 0 bridgehead atoms. The lowest BCUT2D eigenvalue weighted by atomic mass is 10.2. The number of ether oxygens (including phenoxy) is 2. The van der Waals surface area contributed by atoms with Crippen LogP contribution in [0.4, 0.5) is 0 Å². The van der Waals surface area contributed by atoms with Crippen molar-refractivity contribution in [2.75, 3.05) is 32.9 Å². The third-order valence-electron chi connectivity index (χ3n) is 2.89. The SMILES string of the molecule is CCC(CC)NC(=O)COCC1CNCCO1. The Hall–Kier alpha value is -0.650. The molecular weight excluding hydrogens is 220 g/mol. The number of rotatable bonds is 7. The van der Waals surface area contributed by atoms with Gasteiger partial charge in [-0.05, 0) is 12.8 Å². The van der Waals surface area contributed by atoms with Gasteiger partial charge in [-0.3, -0.25) is 4.79 Å². The standard InChI is InChI=1S/C12H24N2O3/c1-3-10(4-2)14-12(15)9-16-8-11-7-13-5-6-17-11/h10-11,13H,3-9H2,1-2H3,(H,14,15). The van der Waals surface area contributed by atoms with E-state index in [2.05, 4.69) is 24.5 Å². The molecule has 2 N–H and O–H groups in total. The van der Waals surface area contributed by atoms with Gasteiger partial charge in [0, 0.05) is 19.1 Å². The van der Waals surface area contributed by atoms with Gasteiger partial charge in [-0.2, -0.15) is 0 Å². The van der Waals surface area contributed by atoms with E-state index in [9.17, 15) is 4.79 Å². The van der Waals surface area contributed by atoms with Crippen molar-refractivity contribution in [3.63, 3.8) is 0 Å². The molecule has 0 aromatic heterocycles. The third-order valence-corrected chi connectivity index (χ3v) is 2.89. The molecule has 1 fully saturated rings. The quantitative estimate of drug-likeness (QED) is 0.676. The van der Waals surface area contributed by atoms with Crippen LogP contribution < -0.4 is 10.6 Å². The summed E-state index contributed by atoms with van der Waals surface area (Å²) in [5, 5.41) is 6.15. The smallest absolute Gasteiger partial charge is 0.246 e. The van der Waals surface area contributed by atoms with E-state index in [-0.39, 0.29) is 24.7 Å². The average molecular weight is 244 g/mol. The first-order chi connectivity index (χ1) is 8.26. The van der Waals surface area contributed by atoms with Crippen molar-refractivity contribution in [2.45, 2.75) is 38.8 Å². The zero-order valence-electron chi connectivity index (χ0n) is 10.8. The second kappa shape index (κ2) is 8.44. The van der Waals surface area contributed by atoms with Crippen LogP contribution in [0.2, 0.25) is 0 Å². The van der Waals surface area contributed by atoms with E-state index in [1.54, 1.807) is 0 Å². The summed E-state index contributed by atoms with van der Waals surface area (Å²) in [6.07, 6.45) is 1.99. The highest BCUT2D eigenvalue weighted by Gasteiger charge is 2.14. The number of morpholine rings is 1. The van der Waals surface area contributed by atoms with Crippen LogP contribution in [0, 0.1) is 0 Å². The van der Waals surface area contributed by atoms with E-state index < -0.39 is 0 Å². The molecule has 1 aliphatic rings. The number of carbonyl (C=O) groups is 1. The van der Waals surface area contributed by atoms with E-state index in [0.717, 1.165) is 25.9 Å². The summed E-state index contributed by atoms with van der Waals surface area (Å²) in [6.45, 7) is 7.14. The molecule has 0 spiro atoms. The zero-order chi connectivity index (χ0) is 12.5. The molecule has 1 aliphatic heterocycles. The molecular formula is C12H24N2O3. The second-order valence-electron chi connectivity index (χ2n) is 4.29. The van der Waals surface area contributed by atoms with Gasteiger partial charge < -0.3 is 20.1 Å². The van der Waals surface area contributed by atoms with E-state index in [1.807, 2.05) is 0 Å². The summed E-state index contributed by atoms with van der Waals surface area (Å²) in [4.78, 5) is 11.5. The van der Waals surface area contributed by atoms with Gasteiger partial charge >= 0.3 is 0 Å². The van der Waals surface area contributed by atoms with Crippen molar-refractivity contribution in [2.24, 2.45) is 0 Å². The first-order valence-electron chi connectivity index (χ1n) is 6.45. The summed E-state index contributed by atoms with van der Waals surface area (Å²) in [7, 11) is 0. The maximum atomic E-state index is 11.5. The average Bonchev–Trinajstić information content (AvgIpc) is 2.37. The van der Waals surface area contributed by atoms with Crippen LogP contribution in [0.5, 0.6) is 0 Å². The van der Waals surface area contributed by atoms with Gasteiger partial charge in [-0.15, -0.1) is 0 Å². The Morgan fingerprint density at radius 3 is 2.88 bits per heavy atom. The third kappa shape index (κ3) is 6.00. The van der Waals surface area contributed by atoms with Crippen LogP contribution in [-0.4, -0.2) is 51.0 Å². The molecule has 0 saturated carbocycles. The van der Waals surface area contributed by atoms with Crippen LogP contribution >= 0.6 is 0 Å². The fourth-order valence-corrected chi connectivity index (χ4v) is 1.77. The molecule has 0 radical (unpaired) electrons. The minimum absolute atomic E-state index is 0.0394. The lowest BCUT2D eigenvalue weighted by molar-refractivity contribution is -0.128. The Balaban J connectivity index is 2.06. The molecule has 0 aromatic carbocycles.